The van der Waals surface area contributed by atoms with Crippen LogP contribution in [-0.2, 0) is 9.53 Å². The number of amides is 1. The molecule has 0 aromatic heterocycles. The molecule has 1 amide bonds. The third kappa shape index (κ3) is 5.65. The summed E-state index contributed by atoms with van der Waals surface area (Å²) in [5, 5.41) is 22.7. The number of benzene rings is 1. The molecule has 1 aliphatic heterocycles. The molecule has 1 fully saturated rings. The van der Waals surface area contributed by atoms with Crippen LogP contribution in [0.2, 0.25) is 0 Å². The second kappa shape index (κ2) is 9.31. The van der Waals surface area contributed by atoms with Crippen molar-refractivity contribution in [1.29, 1.82) is 0 Å². The highest BCUT2D eigenvalue weighted by Gasteiger charge is 2.26. The van der Waals surface area contributed by atoms with Crippen LogP contribution in [0.3, 0.4) is 0 Å². The Bertz CT molecular complexity index is 698. The van der Waals surface area contributed by atoms with Gasteiger partial charge in [0.2, 0.25) is 0 Å². The minimum Gasteiger partial charge on any atom is -0.452 e. The first kappa shape index (κ1) is 20.6. The Hall–Kier alpha value is -2.68. The summed E-state index contributed by atoms with van der Waals surface area (Å²) in [6.07, 6.45) is 1.05. The molecular weight excluding hydrogens is 354 g/mol. The predicted octanol–water partition coefficient (Wildman–Crippen LogP) is 1.66. The number of anilines is 1. The van der Waals surface area contributed by atoms with Crippen LogP contribution in [0.4, 0.5) is 11.4 Å². The molecule has 2 rings (SSSR count). The summed E-state index contributed by atoms with van der Waals surface area (Å²) in [7, 11) is 0. The zero-order valence-corrected chi connectivity index (χ0v) is 15.5. The molecule has 148 valence electrons. The largest absolute Gasteiger partial charge is 0.452 e. The van der Waals surface area contributed by atoms with E-state index in [1.165, 1.54) is 12.1 Å². The lowest BCUT2D eigenvalue weighted by Gasteiger charge is -2.34. The van der Waals surface area contributed by atoms with Crippen molar-refractivity contribution in [3.8, 4) is 0 Å². The van der Waals surface area contributed by atoms with E-state index >= 15 is 0 Å². The van der Waals surface area contributed by atoms with Gasteiger partial charge in [0.05, 0.1) is 17.1 Å². The van der Waals surface area contributed by atoms with Gasteiger partial charge in [-0.1, -0.05) is 13.8 Å². The molecule has 0 saturated carbocycles. The molecule has 0 aliphatic carbocycles. The molecule has 0 spiro atoms. The number of nitro benzene ring substituents is 1. The van der Waals surface area contributed by atoms with Crippen LogP contribution in [0, 0.1) is 22.0 Å². The van der Waals surface area contributed by atoms with E-state index in [1.807, 2.05) is 0 Å². The van der Waals surface area contributed by atoms with Gasteiger partial charge < -0.3 is 20.1 Å². The van der Waals surface area contributed by atoms with Gasteiger partial charge in [-0.05, 0) is 24.3 Å². The van der Waals surface area contributed by atoms with E-state index in [-0.39, 0.29) is 30.3 Å². The molecule has 0 unspecified atom stereocenters. The number of nitrogens with zero attached hydrogens (tertiary/aromatic N) is 2. The van der Waals surface area contributed by atoms with Crippen molar-refractivity contribution in [3.05, 3.63) is 33.9 Å². The lowest BCUT2D eigenvalue weighted by molar-refractivity contribution is -0.384. The quantitative estimate of drug-likeness (QED) is 0.420. The SMILES string of the molecule is C[C@H]1C[C@H](C)CN(C(=O)COC(=O)c2cc([N+](=O)[O-])ccc2NCCO)C1. The molecule has 2 N–H and O–H groups in total. The van der Waals surface area contributed by atoms with Gasteiger partial charge in [-0.2, -0.15) is 0 Å². The average Bonchev–Trinajstić information content (AvgIpc) is 2.63. The van der Waals surface area contributed by atoms with Crippen LogP contribution < -0.4 is 5.32 Å². The predicted molar refractivity (Wildman–Crippen MR) is 98.5 cm³/mol. The molecule has 1 aromatic rings. The van der Waals surface area contributed by atoms with Gasteiger partial charge in [0.25, 0.3) is 11.6 Å². The first-order chi connectivity index (χ1) is 12.8. The fourth-order valence-electron chi connectivity index (χ4n) is 3.32. The highest BCUT2D eigenvalue weighted by molar-refractivity contribution is 5.97. The molecule has 27 heavy (non-hydrogen) atoms. The van der Waals surface area contributed by atoms with Gasteiger partial charge in [0, 0.05) is 37.5 Å². The zero-order valence-electron chi connectivity index (χ0n) is 15.5. The summed E-state index contributed by atoms with van der Waals surface area (Å²) >= 11 is 0. The van der Waals surface area contributed by atoms with E-state index in [9.17, 15) is 19.7 Å². The zero-order chi connectivity index (χ0) is 20.0. The third-order valence-electron chi connectivity index (χ3n) is 4.41. The lowest BCUT2D eigenvalue weighted by atomic mass is 9.92. The maximum absolute atomic E-state index is 12.4. The number of aliphatic hydroxyl groups is 1. The topological polar surface area (TPSA) is 122 Å². The summed E-state index contributed by atoms with van der Waals surface area (Å²) in [4.78, 5) is 36.8. The fourth-order valence-corrected chi connectivity index (χ4v) is 3.32. The van der Waals surface area contributed by atoms with Crippen LogP contribution in [-0.4, -0.2) is 59.7 Å². The summed E-state index contributed by atoms with van der Waals surface area (Å²) in [6, 6.07) is 3.72. The van der Waals surface area contributed by atoms with Crippen LogP contribution in [0.15, 0.2) is 18.2 Å². The van der Waals surface area contributed by atoms with Gasteiger partial charge in [-0.15, -0.1) is 0 Å². The minimum absolute atomic E-state index is 0.0502. The van der Waals surface area contributed by atoms with Gasteiger partial charge in [0.1, 0.15) is 0 Å². The molecule has 1 heterocycles. The maximum Gasteiger partial charge on any atom is 0.341 e. The summed E-state index contributed by atoms with van der Waals surface area (Å²) in [5.74, 6) is -0.332. The van der Waals surface area contributed by atoms with E-state index in [2.05, 4.69) is 19.2 Å². The number of carbonyl (C=O) groups is 2. The number of nitro groups is 1. The van der Waals surface area contributed by atoms with Crippen LogP contribution in [0.5, 0.6) is 0 Å². The summed E-state index contributed by atoms with van der Waals surface area (Å²) in [5.41, 5.74) is -0.0142. The van der Waals surface area contributed by atoms with Crippen molar-refractivity contribution in [2.24, 2.45) is 11.8 Å². The van der Waals surface area contributed by atoms with Crippen LogP contribution >= 0.6 is 0 Å². The molecule has 1 saturated heterocycles. The number of aliphatic hydroxyl groups excluding tert-OH is 1. The Labute approximate surface area is 157 Å². The van der Waals surface area contributed by atoms with Gasteiger partial charge in [-0.3, -0.25) is 14.9 Å². The molecular formula is C18H25N3O6. The first-order valence-corrected chi connectivity index (χ1v) is 8.89. The van der Waals surface area contributed by atoms with E-state index in [4.69, 9.17) is 9.84 Å². The number of ether oxygens (including phenoxy) is 1. The number of hydrogen-bond donors (Lipinski definition) is 2. The van der Waals surface area contributed by atoms with Crippen molar-refractivity contribution in [2.45, 2.75) is 20.3 Å². The number of nitrogens with one attached hydrogen (secondary N) is 1. The smallest absolute Gasteiger partial charge is 0.341 e. The molecule has 2 atom stereocenters. The van der Waals surface area contributed by atoms with Crippen molar-refractivity contribution < 1.29 is 24.4 Å². The highest BCUT2D eigenvalue weighted by atomic mass is 16.6. The number of non-ortho nitro benzene ring substituents is 1. The maximum atomic E-state index is 12.4. The Morgan fingerprint density at radius 1 is 1.33 bits per heavy atom. The molecule has 0 bridgehead atoms. The van der Waals surface area contributed by atoms with Crippen molar-refractivity contribution in [2.75, 3.05) is 38.2 Å². The monoisotopic (exact) mass is 379 g/mol. The fraction of sp³-hybridized carbons (Fsp3) is 0.556. The first-order valence-electron chi connectivity index (χ1n) is 8.89. The molecule has 9 heteroatoms. The third-order valence-corrected chi connectivity index (χ3v) is 4.41. The lowest BCUT2D eigenvalue weighted by Crippen LogP contribution is -2.44. The van der Waals surface area contributed by atoms with Gasteiger partial charge in [0.15, 0.2) is 6.61 Å². The molecule has 1 aromatic carbocycles. The second-order valence-corrected chi connectivity index (χ2v) is 6.96. The average molecular weight is 379 g/mol. The number of esters is 1. The summed E-state index contributed by atoms with van der Waals surface area (Å²) < 4.78 is 5.11. The molecule has 0 radical (unpaired) electrons. The Balaban J connectivity index is 2.06. The number of carbonyl (C=O) groups excluding carboxylic acids is 2. The van der Waals surface area contributed by atoms with E-state index in [1.54, 1.807) is 4.90 Å². The number of hydrogen-bond acceptors (Lipinski definition) is 7. The number of piperidine rings is 1. The van der Waals surface area contributed by atoms with Crippen LogP contribution in [0.25, 0.3) is 0 Å². The van der Waals surface area contributed by atoms with E-state index in [0.29, 0.717) is 30.6 Å². The summed E-state index contributed by atoms with van der Waals surface area (Å²) in [6.45, 7) is 4.98. The van der Waals surface area contributed by atoms with E-state index < -0.39 is 17.5 Å². The molecule has 9 nitrogen and oxygen atoms in total. The molecule has 1 aliphatic rings. The Morgan fingerprint density at radius 3 is 2.59 bits per heavy atom. The Kier molecular flexibility index (Phi) is 7.12. The van der Waals surface area contributed by atoms with Gasteiger partial charge >= 0.3 is 5.97 Å². The van der Waals surface area contributed by atoms with Gasteiger partial charge in [-0.25, -0.2) is 4.79 Å². The highest BCUT2D eigenvalue weighted by Crippen LogP contribution is 2.24. The normalized spacial score (nSPS) is 19.4. The number of rotatable bonds is 7. The number of likely N-dealkylation sites (tertiary alicyclic amines) is 1. The van der Waals surface area contributed by atoms with E-state index in [0.717, 1.165) is 12.5 Å². The minimum atomic E-state index is -0.828. The standard InChI is InChI=1S/C18H25N3O6/c1-12-7-13(2)10-20(9-12)17(23)11-27-18(24)15-8-14(21(25)26)3-4-16(15)19-5-6-22/h3-4,8,12-13,19,22H,5-7,9-11H2,1-2H3/t12-,13-/m0/s1. The van der Waals surface area contributed by atoms with Crippen molar-refractivity contribution >= 4 is 23.3 Å². The van der Waals surface area contributed by atoms with Crippen molar-refractivity contribution in [3.63, 3.8) is 0 Å². The van der Waals surface area contributed by atoms with Crippen molar-refractivity contribution in [1.82, 2.24) is 4.90 Å². The Morgan fingerprint density at radius 2 is 2.00 bits per heavy atom. The van der Waals surface area contributed by atoms with Crippen LogP contribution in [0.1, 0.15) is 30.6 Å². The second-order valence-electron chi connectivity index (χ2n) is 6.96.